The minimum Gasteiger partial charge on any atom is -0.326 e. The number of hydrogen-bond acceptors (Lipinski definition) is 3. The summed E-state index contributed by atoms with van der Waals surface area (Å²) in [6.07, 6.45) is 1.18. The van der Waals surface area contributed by atoms with Crippen molar-refractivity contribution in [2.45, 2.75) is 19.5 Å². The molecule has 1 aromatic carbocycles. The van der Waals surface area contributed by atoms with E-state index in [1.807, 2.05) is 6.07 Å². The van der Waals surface area contributed by atoms with Gasteiger partial charge < -0.3 is 16.0 Å². The molecule has 1 aromatic rings. The van der Waals surface area contributed by atoms with Crippen LogP contribution in [-0.4, -0.2) is 32.1 Å². The number of rotatable bonds is 7. The van der Waals surface area contributed by atoms with Crippen LogP contribution in [0.2, 0.25) is 0 Å². The van der Waals surface area contributed by atoms with Crippen LogP contribution in [-0.2, 0) is 13.1 Å². The van der Waals surface area contributed by atoms with Gasteiger partial charge in [-0.25, -0.2) is 0 Å². The average molecular weight is 221 g/mol. The van der Waals surface area contributed by atoms with Crippen molar-refractivity contribution in [2.75, 3.05) is 27.2 Å². The minimum absolute atomic E-state index is 0.621. The van der Waals surface area contributed by atoms with E-state index >= 15 is 0 Å². The SMILES string of the molecule is CN(C)CCCNCc1ccccc1CN. The van der Waals surface area contributed by atoms with Gasteiger partial charge in [0.25, 0.3) is 0 Å². The van der Waals surface area contributed by atoms with Crippen molar-refractivity contribution < 1.29 is 0 Å². The zero-order valence-electron chi connectivity index (χ0n) is 10.4. The molecule has 0 aromatic heterocycles. The van der Waals surface area contributed by atoms with Crippen molar-refractivity contribution in [1.82, 2.24) is 10.2 Å². The molecule has 0 aliphatic rings. The van der Waals surface area contributed by atoms with E-state index in [2.05, 4.69) is 42.5 Å². The maximum absolute atomic E-state index is 5.69. The molecule has 0 saturated carbocycles. The Morgan fingerprint density at radius 3 is 2.50 bits per heavy atom. The molecule has 90 valence electrons. The lowest BCUT2D eigenvalue weighted by Crippen LogP contribution is -2.21. The number of nitrogens with zero attached hydrogens (tertiary/aromatic N) is 1. The molecule has 0 saturated heterocycles. The Morgan fingerprint density at radius 2 is 1.88 bits per heavy atom. The molecular formula is C13H23N3. The van der Waals surface area contributed by atoms with Crippen molar-refractivity contribution in [3.63, 3.8) is 0 Å². The molecule has 1 rings (SSSR count). The van der Waals surface area contributed by atoms with Gasteiger partial charge in [0.05, 0.1) is 0 Å². The molecule has 0 aliphatic carbocycles. The summed E-state index contributed by atoms with van der Waals surface area (Å²) in [6.45, 7) is 3.72. The Balaban J connectivity index is 2.26. The summed E-state index contributed by atoms with van der Waals surface area (Å²) >= 11 is 0. The highest BCUT2D eigenvalue weighted by Crippen LogP contribution is 2.07. The molecule has 3 heteroatoms. The first-order valence-electron chi connectivity index (χ1n) is 5.86. The number of hydrogen-bond donors (Lipinski definition) is 2. The monoisotopic (exact) mass is 221 g/mol. The normalized spacial score (nSPS) is 11.0. The van der Waals surface area contributed by atoms with E-state index in [1.54, 1.807) is 0 Å². The molecule has 0 aliphatic heterocycles. The van der Waals surface area contributed by atoms with E-state index in [9.17, 15) is 0 Å². The summed E-state index contributed by atoms with van der Waals surface area (Å²) in [6, 6.07) is 8.34. The smallest absolute Gasteiger partial charge is 0.0208 e. The van der Waals surface area contributed by atoms with E-state index < -0.39 is 0 Å². The van der Waals surface area contributed by atoms with Crippen LogP contribution >= 0.6 is 0 Å². The van der Waals surface area contributed by atoms with Crippen LogP contribution in [0, 0.1) is 0 Å². The van der Waals surface area contributed by atoms with Crippen LogP contribution in [0.3, 0.4) is 0 Å². The maximum atomic E-state index is 5.69. The third-order valence-corrected chi connectivity index (χ3v) is 2.61. The zero-order valence-corrected chi connectivity index (χ0v) is 10.4. The Hall–Kier alpha value is -0.900. The van der Waals surface area contributed by atoms with E-state index in [-0.39, 0.29) is 0 Å². The maximum Gasteiger partial charge on any atom is 0.0208 e. The fraction of sp³-hybridized carbons (Fsp3) is 0.538. The number of nitrogens with one attached hydrogen (secondary N) is 1. The van der Waals surface area contributed by atoms with Gasteiger partial charge >= 0.3 is 0 Å². The summed E-state index contributed by atoms with van der Waals surface area (Å²) < 4.78 is 0. The fourth-order valence-electron chi connectivity index (χ4n) is 1.67. The number of benzene rings is 1. The zero-order chi connectivity index (χ0) is 11.8. The lowest BCUT2D eigenvalue weighted by molar-refractivity contribution is 0.394. The Bertz CT molecular complexity index is 297. The molecule has 0 spiro atoms. The molecule has 0 heterocycles. The number of nitrogens with two attached hydrogens (primary N) is 1. The van der Waals surface area contributed by atoms with Gasteiger partial charge in [0.15, 0.2) is 0 Å². The Labute approximate surface area is 98.6 Å². The Morgan fingerprint density at radius 1 is 1.19 bits per heavy atom. The van der Waals surface area contributed by atoms with Gasteiger partial charge in [0, 0.05) is 13.1 Å². The molecular weight excluding hydrogens is 198 g/mol. The summed E-state index contributed by atoms with van der Waals surface area (Å²) in [7, 11) is 4.20. The lowest BCUT2D eigenvalue weighted by atomic mass is 10.1. The van der Waals surface area contributed by atoms with Crippen molar-refractivity contribution in [3.8, 4) is 0 Å². The van der Waals surface area contributed by atoms with Crippen molar-refractivity contribution >= 4 is 0 Å². The Kier molecular flexibility index (Phi) is 6.08. The second-order valence-corrected chi connectivity index (χ2v) is 4.31. The molecule has 3 nitrogen and oxygen atoms in total. The average Bonchev–Trinajstić information content (AvgIpc) is 2.29. The largest absolute Gasteiger partial charge is 0.326 e. The molecule has 0 unspecified atom stereocenters. The fourth-order valence-corrected chi connectivity index (χ4v) is 1.67. The predicted octanol–water partition coefficient (Wildman–Crippen LogP) is 1.19. The van der Waals surface area contributed by atoms with Crippen LogP contribution in [0.1, 0.15) is 17.5 Å². The van der Waals surface area contributed by atoms with E-state index in [0.717, 1.165) is 19.6 Å². The van der Waals surface area contributed by atoms with Gasteiger partial charge in [0.1, 0.15) is 0 Å². The van der Waals surface area contributed by atoms with Gasteiger partial charge in [-0.3, -0.25) is 0 Å². The van der Waals surface area contributed by atoms with Gasteiger partial charge in [-0.1, -0.05) is 24.3 Å². The van der Waals surface area contributed by atoms with Crippen LogP contribution in [0.25, 0.3) is 0 Å². The quantitative estimate of drug-likeness (QED) is 0.680. The van der Waals surface area contributed by atoms with Gasteiger partial charge in [-0.2, -0.15) is 0 Å². The van der Waals surface area contributed by atoms with E-state index in [4.69, 9.17) is 5.73 Å². The third-order valence-electron chi connectivity index (χ3n) is 2.61. The minimum atomic E-state index is 0.621. The highest BCUT2D eigenvalue weighted by atomic mass is 15.0. The molecule has 0 amide bonds. The summed E-state index contributed by atoms with van der Waals surface area (Å²) in [4.78, 5) is 2.20. The van der Waals surface area contributed by atoms with Crippen molar-refractivity contribution in [3.05, 3.63) is 35.4 Å². The van der Waals surface area contributed by atoms with Crippen LogP contribution in [0.4, 0.5) is 0 Å². The summed E-state index contributed by atoms with van der Waals surface area (Å²) in [5.41, 5.74) is 8.24. The summed E-state index contributed by atoms with van der Waals surface area (Å²) in [5, 5.41) is 3.45. The first-order chi connectivity index (χ1) is 7.74. The van der Waals surface area contributed by atoms with Crippen LogP contribution in [0.5, 0.6) is 0 Å². The summed E-state index contributed by atoms with van der Waals surface area (Å²) in [5.74, 6) is 0. The van der Waals surface area contributed by atoms with Crippen LogP contribution < -0.4 is 11.1 Å². The second kappa shape index (κ2) is 7.39. The first kappa shape index (κ1) is 13.2. The molecule has 3 N–H and O–H groups in total. The molecule has 0 bridgehead atoms. The highest BCUT2D eigenvalue weighted by molar-refractivity contribution is 5.26. The van der Waals surface area contributed by atoms with Gasteiger partial charge in [-0.05, 0) is 44.7 Å². The van der Waals surface area contributed by atoms with Crippen molar-refractivity contribution in [2.24, 2.45) is 5.73 Å². The molecule has 0 radical (unpaired) electrons. The molecule has 0 fully saturated rings. The third kappa shape index (κ3) is 4.75. The first-order valence-corrected chi connectivity index (χ1v) is 5.86. The standard InChI is InChI=1S/C13H23N3/c1-16(2)9-5-8-15-11-13-7-4-3-6-12(13)10-14/h3-4,6-7,15H,5,8-11,14H2,1-2H3. The van der Waals surface area contributed by atoms with Gasteiger partial charge in [-0.15, -0.1) is 0 Å². The predicted molar refractivity (Wildman–Crippen MR) is 69.2 cm³/mol. The molecule has 16 heavy (non-hydrogen) atoms. The van der Waals surface area contributed by atoms with E-state index in [0.29, 0.717) is 6.54 Å². The molecule has 0 atom stereocenters. The second-order valence-electron chi connectivity index (χ2n) is 4.31. The highest BCUT2D eigenvalue weighted by Gasteiger charge is 1.98. The topological polar surface area (TPSA) is 41.3 Å². The van der Waals surface area contributed by atoms with Crippen LogP contribution in [0.15, 0.2) is 24.3 Å². The lowest BCUT2D eigenvalue weighted by Gasteiger charge is -2.11. The van der Waals surface area contributed by atoms with Crippen molar-refractivity contribution in [1.29, 1.82) is 0 Å². The van der Waals surface area contributed by atoms with Gasteiger partial charge in [0.2, 0.25) is 0 Å². The van der Waals surface area contributed by atoms with E-state index in [1.165, 1.54) is 17.5 Å².